The molecule has 0 aromatic heterocycles. The molecule has 1 N–H and O–H groups in total. The molecule has 160 valence electrons. The SMILES string of the molecule is COc1cc(Br)c(CCNC(=O)C2CC(=O)N(c3ccc(C)cc3F)C2)cc1OC. The van der Waals surface area contributed by atoms with Crippen molar-refractivity contribution >= 4 is 33.4 Å². The molecule has 30 heavy (non-hydrogen) atoms. The van der Waals surface area contributed by atoms with Crippen LogP contribution in [0.25, 0.3) is 0 Å². The molecule has 0 aliphatic carbocycles. The van der Waals surface area contributed by atoms with Crippen LogP contribution in [0.2, 0.25) is 0 Å². The zero-order chi connectivity index (χ0) is 21.8. The number of ether oxygens (including phenoxy) is 2. The highest BCUT2D eigenvalue weighted by atomic mass is 79.9. The lowest BCUT2D eigenvalue weighted by Crippen LogP contribution is -2.34. The number of methoxy groups -OCH3 is 2. The van der Waals surface area contributed by atoms with Gasteiger partial charge in [0.2, 0.25) is 11.8 Å². The molecule has 3 rings (SSSR count). The molecule has 1 heterocycles. The summed E-state index contributed by atoms with van der Waals surface area (Å²) in [6, 6.07) is 8.39. The second-order valence-corrected chi connectivity index (χ2v) is 8.05. The number of hydrogen-bond donors (Lipinski definition) is 1. The molecular weight excluding hydrogens is 455 g/mol. The van der Waals surface area contributed by atoms with E-state index in [0.29, 0.717) is 24.5 Å². The number of halogens is 2. The number of hydrogen-bond acceptors (Lipinski definition) is 4. The third kappa shape index (κ3) is 4.75. The average Bonchev–Trinajstić information content (AvgIpc) is 3.10. The Balaban J connectivity index is 1.59. The van der Waals surface area contributed by atoms with Crippen molar-refractivity contribution in [1.29, 1.82) is 0 Å². The largest absolute Gasteiger partial charge is 0.493 e. The van der Waals surface area contributed by atoms with Gasteiger partial charge in [0.1, 0.15) is 5.82 Å². The number of carbonyl (C=O) groups is 2. The summed E-state index contributed by atoms with van der Waals surface area (Å²) < 4.78 is 25.7. The predicted octanol–water partition coefficient (Wildman–Crippen LogP) is 3.63. The monoisotopic (exact) mass is 478 g/mol. The Morgan fingerprint density at radius 2 is 1.93 bits per heavy atom. The van der Waals surface area contributed by atoms with Gasteiger partial charge in [-0.25, -0.2) is 4.39 Å². The molecule has 0 spiro atoms. The maximum Gasteiger partial charge on any atom is 0.227 e. The molecule has 0 saturated carbocycles. The van der Waals surface area contributed by atoms with Crippen molar-refractivity contribution in [3.05, 3.63) is 51.7 Å². The summed E-state index contributed by atoms with van der Waals surface area (Å²) >= 11 is 3.50. The number of amides is 2. The number of anilines is 1. The molecule has 1 saturated heterocycles. The normalized spacial score (nSPS) is 16.0. The van der Waals surface area contributed by atoms with Crippen molar-refractivity contribution in [2.75, 3.05) is 32.2 Å². The maximum atomic E-state index is 14.2. The van der Waals surface area contributed by atoms with E-state index in [1.165, 1.54) is 11.0 Å². The van der Waals surface area contributed by atoms with Crippen LogP contribution in [0.3, 0.4) is 0 Å². The summed E-state index contributed by atoms with van der Waals surface area (Å²) in [6.45, 7) is 2.35. The first kappa shape index (κ1) is 22.1. The van der Waals surface area contributed by atoms with Gasteiger partial charge in [-0.2, -0.15) is 0 Å². The molecule has 2 aromatic carbocycles. The van der Waals surface area contributed by atoms with Gasteiger partial charge in [-0.3, -0.25) is 9.59 Å². The van der Waals surface area contributed by atoms with E-state index in [9.17, 15) is 14.0 Å². The first-order valence-electron chi connectivity index (χ1n) is 9.58. The molecule has 0 radical (unpaired) electrons. The van der Waals surface area contributed by atoms with Crippen molar-refractivity contribution in [2.45, 2.75) is 19.8 Å². The van der Waals surface area contributed by atoms with Crippen molar-refractivity contribution in [1.82, 2.24) is 5.32 Å². The zero-order valence-corrected chi connectivity index (χ0v) is 18.7. The highest BCUT2D eigenvalue weighted by Gasteiger charge is 2.36. The second kappa shape index (κ2) is 9.47. The first-order valence-corrected chi connectivity index (χ1v) is 10.4. The third-order valence-electron chi connectivity index (χ3n) is 5.14. The Bertz CT molecular complexity index is 966. The Hall–Kier alpha value is -2.61. The van der Waals surface area contributed by atoms with Crippen LogP contribution in [0.1, 0.15) is 17.5 Å². The van der Waals surface area contributed by atoms with Gasteiger partial charge in [0.05, 0.1) is 25.8 Å². The van der Waals surface area contributed by atoms with E-state index in [1.807, 2.05) is 12.1 Å². The van der Waals surface area contributed by atoms with Crippen LogP contribution in [0.4, 0.5) is 10.1 Å². The fraction of sp³-hybridized carbons (Fsp3) is 0.364. The summed E-state index contributed by atoms with van der Waals surface area (Å²) in [4.78, 5) is 26.3. The molecule has 1 aliphatic rings. The summed E-state index contributed by atoms with van der Waals surface area (Å²) in [6.07, 6.45) is 0.642. The highest BCUT2D eigenvalue weighted by molar-refractivity contribution is 9.10. The Morgan fingerprint density at radius 1 is 1.23 bits per heavy atom. The minimum atomic E-state index is -0.507. The first-order chi connectivity index (χ1) is 14.3. The number of carbonyl (C=O) groups excluding carboxylic acids is 2. The molecule has 1 fully saturated rings. The maximum absolute atomic E-state index is 14.2. The van der Waals surface area contributed by atoms with Crippen LogP contribution in [0.15, 0.2) is 34.8 Å². The number of nitrogens with zero attached hydrogens (tertiary/aromatic N) is 1. The number of nitrogens with one attached hydrogen (secondary N) is 1. The Morgan fingerprint density at radius 3 is 2.60 bits per heavy atom. The minimum Gasteiger partial charge on any atom is -0.493 e. The van der Waals surface area contributed by atoms with Crippen LogP contribution in [0.5, 0.6) is 11.5 Å². The fourth-order valence-electron chi connectivity index (χ4n) is 3.50. The van der Waals surface area contributed by atoms with Crippen LogP contribution < -0.4 is 19.7 Å². The molecule has 1 unspecified atom stereocenters. The van der Waals surface area contributed by atoms with Gasteiger partial charge in [-0.1, -0.05) is 22.0 Å². The Labute approximate surface area is 183 Å². The zero-order valence-electron chi connectivity index (χ0n) is 17.1. The molecule has 6 nitrogen and oxygen atoms in total. The standard InChI is InChI=1S/C22H24BrFN2O4/c1-13-4-5-18(17(24)8-13)26-12-15(10-21(26)27)22(28)25-7-6-14-9-19(29-2)20(30-3)11-16(14)23/h4-5,8-9,11,15H,6-7,10,12H2,1-3H3,(H,25,28). The van der Waals surface area contributed by atoms with E-state index >= 15 is 0 Å². The van der Waals surface area contributed by atoms with Gasteiger partial charge < -0.3 is 19.7 Å². The van der Waals surface area contributed by atoms with E-state index in [0.717, 1.165) is 15.6 Å². The van der Waals surface area contributed by atoms with E-state index in [-0.39, 0.29) is 30.5 Å². The summed E-state index contributed by atoms with van der Waals surface area (Å²) in [5, 5.41) is 2.88. The third-order valence-corrected chi connectivity index (χ3v) is 5.87. The summed E-state index contributed by atoms with van der Waals surface area (Å²) in [5.74, 6) is -0.200. The van der Waals surface area contributed by atoms with E-state index in [1.54, 1.807) is 33.3 Å². The van der Waals surface area contributed by atoms with Gasteiger partial charge in [0, 0.05) is 24.0 Å². The van der Waals surface area contributed by atoms with Crippen molar-refractivity contribution < 1.29 is 23.5 Å². The van der Waals surface area contributed by atoms with Crippen LogP contribution in [-0.2, 0) is 16.0 Å². The molecule has 1 aliphatic heterocycles. The minimum absolute atomic E-state index is 0.0687. The molecular formula is C22H24BrFN2O4. The van der Waals surface area contributed by atoms with Crippen molar-refractivity contribution in [3.63, 3.8) is 0 Å². The highest BCUT2D eigenvalue weighted by Crippen LogP contribution is 2.33. The van der Waals surface area contributed by atoms with E-state index < -0.39 is 11.7 Å². The lowest BCUT2D eigenvalue weighted by Gasteiger charge is -2.18. The molecule has 2 aromatic rings. The molecule has 0 bridgehead atoms. The Kier molecular flexibility index (Phi) is 6.97. The quantitative estimate of drug-likeness (QED) is 0.659. The lowest BCUT2D eigenvalue weighted by molar-refractivity contribution is -0.126. The van der Waals surface area contributed by atoms with Crippen LogP contribution in [-0.4, -0.2) is 39.1 Å². The second-order valence-electron chi connectivity index (χ2n) is 7.20. The average molecular weight is 479 g/mol. The van der Waals surface area contributed by atoms with Gasteiger partial charge in [0.25, 0.3) is 0 Å². The summed E-state index contributed by atoms with van der Waals surface area (Å²) in [7, 11) is 3.13. The van der Waals surface area contributed by atoms with Crippen LogP contribution >= 0.6 is 15.9 Å². The molecule has 1 atom stereocenters. The van der Waals surface area contributed by atoms with Crippen LogP contribution in [0, 0.1) is 18.7 Å². The number of rotatable bonds is 7. The van der Waals surface area contributed by atoms with E-state index in [2.05, 4.69) is 21.2 Å². The molecule has 8 heteroatoms. The number of aryl methyl sites for hydroxylation is 1. The van der Waals surface area contributed by atoms with Crippen molar-refractivity contribution in [2.24, 2.45) is 5.92 Å². The summed E-state index contributed by atoms with van der Waals surface area (Å²) in [5.41, 5.74) is 1.95. The van der Waals surface area contributed by atoms with Gasteiger partial charge in [-0.15, -0.1) is 0 Å². The van der Waals surface area contributed by atoms with Gasteiger partial charge >= 0.3 is 0 Å². The lowest BCUT2D eigenvalue weighted by atomic mass is 10.1. The van der Waals surface area contributed by atoms with Gasteiger partial charge in [-0.05, 0) is 48.7 Å². The van der Waals surface area contributed by atoms with Crippen molar-refractivity contribution in [3.8, 4) is 11.5 Å². The topological polar surface area (TPSA) is 67.9 Å². The van der Waals surface area contributed by atoms with E-state index in [4.69, 9.17) is 9.47 Å². The smallest absolute Gasteiger partial charge is 0.227 e. The fourth-order valence-corrected chi connectivity index (χ4v) is 4.02. The molecule has 2 amide bonds. The predicted molar refractivity (Wildman–Crippen MR) is 116 cm³/mol. The number of benzene rings is 2. The van der Waals surface area contributed by atoms with Gasteiger partial charge in [0.15, 0.2) is 11.5 Å².